The van der Waals surface area contributed by atoms with Gasteiger partial charge in [0.05, 0.1) is 18.7 Å². The minimum absolute atomic E-state index is 0.0354. The normalized spacial score (nSPS) is 27.6. The maximum absolute atomic E-state index is 11.8. The number of carbonyl (C=O) groups excluding carboxylic acids is 2. The van der Waals surface area contributed by atoms with Crippen molar-refractivity contribution in [1.29, 1.82) is 0 Å². The first-order valence-electron chi connectivity index (χ1n) is 16.5. The van der Waals surface area contributed by atoms with Crippen LogP contribution in [0.1, 0.15) is 12.8 Å². The predicted octanol–water partition coefficient (Wildman–Crippen LogP) is -1.79. The molecule has 304 valence electrons. The van der Waals surface area contributed by atoms with E-state index in [1.165, 1.54) is 31.4 Å². The molecule has 0 unspecified atom stereocenters. The molecular formula is C34H37O22+. The van der Waals surface area contributed by atoms with Gasteiger partial charge in [-0.3, -0.25) is 19.2 Å². The number of fused-ring (bicyclic) bond motifs is 1. The van der Waals surface area contributed by atoms with Gasteiger partial charge in [0, 0.05) is 18.2 Å². The summed E-state index contributed by atoms with van der Waals surface area (Å²) in [5.74, 6) is -7.01. The summed E-state index contributed by atoms with van der Waals surface area (Å²) in [7, 11) is 1.26. The Balaban J connectivity index is 1.52. The fourth-order valence-corrected chi connectivity index (χ4v) is 5.63. The summed E-state index contributed by atoms with van der Waals surface area (Å²) < 4.78 is 43.9. The van der Waals surface area contributed by atoms with Gasteiger partial charge in [-0.1, -0.05) is 0 Å². The van der Waals surface area contributed by atoms with Gasteiger partial charge in [-0.15, -0.1) is 0 Å². The molecule has 0 saturated carbocycles. The number of phenols is 2. The molecule has 2 aromatic carbocycles. The van der Waals surface area contributed by atoms with Crippen LogP contribution in [0.15, 0.2) is 40.8 Å². The van der Waals surface area contributed by atoms with Crippen molar-refractivity contribution in [2.75, 3.05) is 20.3 Å². The number of aliphatic carboxylic acids is 2. The number of hydrogen-bond acceptors (Lipinski definition) is 19. The van der Waals surface area contributed by atoms with E-state index in [0.717, 1.165) is 12.1 Å². The van der Waals surface area contributed by atoms with Crippen molar-refractivity contribution in [1.82, 2.24) is 0 Å². The van der Waals surface area contributed by atoms with Crippen molar-refractivity contribution < 1.29 is 108 Å². The summed E-state index contributed by atoms with van der Waals surface area (Å²) in [5.41, 5.74) is -0.000889. The Morgan fingerprint density at radius 3 is 1.68 bits per heavy atom. The minimum atomic E-state index is -1.98. The van der Waals surface area contributed by atoms with Crippen LogP contribution in [0.2, 0.25) is 0 Å². The number of carbonyl (C=O) groups is 4. The Morgan fingerprint density at radius 2 is 1.18 bits per heavy atom. The molecule has 0 amide bonds. The number of hydrogen-bond donors (Lipinski definition) is 10. The lowest BCUT2D eigenvalue weighted by Crippen LogP contribution is -2.60. The van der Waals surface area contributed by atoms with Crippen molar-refractivity contribution in [2.45, 2.75) is 74.3 Å². The number of aromatic hydroxyl groups is 2. The molecule has 2 saturated heterocycles. The SMILES string of the molecule is COc1cc(-c2[o+]c3cc(O)cc(O[C@@H]4O[C@H](COC(=O)CC(=O)O)[C@@H](O)[C@H](O)[C@H]4O)c3cc2O[C@@H]2O[C@H](COC(=O)CC(=O)O)[C@@H](O)[C@H](O)[C@H]2O)ccc1O. The van der Waals surface area contributed by atoms with Crippen molar-refractivity contribution in [2.24, 2.45) is 0 Å². The highest BCUT2D eigenvalue weighted by Crippen LogP contribution is 2.43. The predicted molar refractivity (Wildman–Crippen MR) is 177 cm³/mol. The standard InChI is InChI=1S/C34H36O22/c1-49-18-4-12(2-3-15(18)36)32-19(54-34-31(48)29(46)27(44)21(56-34)11-51-25(42)9-23(39)40)7-14-16(52-32)5-13(35)6-17(14)53-33-30(47)28(45)26(43)20(55-33)10-50-24(41)8-22(37)38/h2-7,20-21,26-31,33-34,43-48H,8-11H2,1H3,(H3-,35,36,37,38,39,40)/p+1/t20-,21-,26-,27-,28+,29+,30-,31-,33-,34-/m1/s1. The number of phenolic OH excluding ortho intramolecular Hbond substituents is 2. The highest BCUT2D eigenvalue weighted by molar-refractivity contribution is 5.91. The average Bonchev–Trinajstić information content (AvgIpc) is 3.13. The van der Waals surface area contributed by atoms with E-state index in [1.807, 2.05) is 0 Å². The van der Waals surface area contributed by atoms with Gasteiger partial charge in [0.2, 0.25) is 18.3 Å². The van der Waals surface area contributed by atoms with E-state index in [0.29, 0.717) is 0 Å². The van der Waals surface area contributed by atoms with Gasteiger partial charge in [-0.25, -0.2) is 4.42 Å². The Kier molecular flexibility index (Phi) is 13.0. The zero-order chi connectivity index (χ0) is 41.0. The molecule has 3 aromatic rings. The first-order valence-corrected chi connectivity index (χ1v) is 16.5. The summed E-state index contributed by atoms with van der Waals surface area (Å²) in [5, 5.41) is 102. The van der Waals surface area contributed by atoms with Crippen LogP contribution in [0.4, 0.5) is 0 Å². The van der Waals surface area contributed by atoms with Crippen LogP contribution in [-0.4, -0.2) is 157 Å². The number of carboxylic acid groups (broad SMARTS) is 2. The molecule has 22 heteroatoms. The highest BCUT2D eigenvalue weighted by Gasteiger charge is 2.48. The number of aliphatic hydroxyl groups excluding tert-OH is 6. The number of methoxy groups -OCH3 is 1. The van der Waals surface area contributed by atoms with Crippen LogP contribution in [0.25, 0.3) is 22.3 Å². The number of carboxylic acids is 2. The van der Waals surface area contributed by atoms with E-state index < -0.39 is 117 Å². The molecule has 56 heavy (non-hydrogen) atoms. The zero-order valence-electron chi connectivity index (χ0n) is 28.9. The summed E-state index contributed by atoms with van der Waals surface area (Å²) >= 11 is 0. The molecule has 22 nitrogen and oxygen atoms in total. The van der Waals surface area contributed by atoms with Crippen molar-refractivity contribution in [3.8, 4) is 40.1 Å². The van der Waals surface area contributed by atoms with E-state index in [4.69, 9.17) is 47.8 Å². The molecular weight excluding hydrogens is 760 g/mol. The van der Waals surface area contributed by atoms with Crippen LogP contribution in [0.3, 0.4) is 0 Å². The Morgan fingerprint density at radius 1 is 0.661 bits per heavy atom. The van der Waals surface area contributed by atoms with Crippen LogP contribution in [-0.2, 0) is 38.1 Å². The van der Waals surface area contributed by atoms with E-state index in [9.17, 15) is 60.0 Å². The summed E-state index contributed by atoms with van der Waals surface area (Å²) in [6, 6.07) is 7.27. The Bertz CT molecular complexity index is 1930. The van der Waals surface area contributed by atoms with Crippen LogP contribution in [0, 0.1) is 0 Å². The third-order valence-corrected chi connectivity index (χ3v) is 8.47. The molecule has 2 fully saturated rings. The number of aliphatic hydroxyl groups is 6. The van der Waals surface area contributed by atoms with E-state index in [1.54, 1.807) is 0 Å². The highest BCUT2D eigenvalue weighted by atomic mass is 16.7. The minimum Gasteiger partial charge on any atom is -0.507 e. The lowest BCUT2D eigenvalue weighted by molar-refractivity contribution is -0.278. The van der Waals surface area contributed by atoms with Gasteiger partial charge in [0.25, 0.3) is 0 Å². The quantitative estimate of drug-likeness (QED) is 0.0489. The molecule has 2 aliphatic heterocycles. The number of esters is 2. The van der Waals surface area contributed by atoms with Gasteiger partial charge < -0.3 is 84.2 Å². The Hall–Kier alpha value is -5.59. The molecule has 0 aliphatic carbocycles. The molecule has 0 bridgehead atoms. The summed E-state index contributed by atoms with van der Waals surface area (Å²) in [4.78, 5) is 45.3. The molecule has 2 aliphatic rings. The first kappa shape index (κ1) is 41.6. The third-order valence-electron chi connectivity index (χ3n) is 8.47. The molecule has 3 heterocycles. The van der Waals surface area contributed by atoms with Crippen molar-refractivity contribution in [3.63, 3.8) is 0 Å². The molecule has 0 spiro atoms. The number of benzene rings is 2. The number of rotatable bonds is 14. The van der Waals surface area contributed by atoms with Gasteiger partial charge in [-0.05, 0) is 12.1 Å². The van der Waals surface area contributed by atoms with Gasteiger partial charge in [0.1, 0.15) is 91.8 Å². The largest absolute Gasteiger partial charge is 0.507 e. The second-order valence-corrected chi connectivity index (χ2v) is 12.5. The lowest BCUT2D eigenvalue weighted by Gasteiger charge is -2.40. The molecule has 10 N–H and O–H groups in total. The second-order valence-electron chi connectivity index (χ2n) is 12.5. The smallest absolute Gasteiger partial charge is 0.402 e. The average molecular weight is 798 g/mol. The number of ether oxygens (including phenoxy) is 7. The third kappa shape index (κ3) is 9.43. The van der Waals surface area contributed by atoms with Gasteiger partial charge in [-0.2, -0.15) is 0 Å². The second kappa shape index (κ2) is 17.5. The summed E-state index contributed by atoms with van der Waals surface area (Å²) in [6.07, 6.45) is -20.4. The van der Waals surface area contributed by atoms with E-state index >= 15 is 0 Å². The van der Waals surface area contributed by atoms with E-state index in [2.05, 4.69) is 0 Å². The molecule has 5 rings (SSSR count). The maximum Gasteiger partial charge on any atom is 0.402 e. The van der Waals surface area contributed by atoms with Crippen LogP contribution in [0.5, 0.6) is 28.7 Å². The molecule has 10 atom stereocenters. The summed E-state index contributed by atoms with van der Waals surface area (Å²) in [6.45, 7) is -1.54. The van der Waals surface area contributed by atoms with Crippen molar-refractivity contribution >= 4 is 34.8 Å². The monoisotopic (exact) mass is 797 g/mol. The fraction of sp³-hybridized carbons (Fsp3) is 0.441. The molecule has 0 radical (unpaired) electrons. The lowest BCUT2D eigenvalue weighted by atomic mass is 9.99. The van der Waals surface area contributed by atoms with Gasteiger partial charge in [0.15, 0.2) is 11.5 Å². The maximum atomic E-state index is 11.8. The first-order chi connectivity index (χ1) is 26.5. The molecule has 1 aromatic heterocycles. The fourth-order valence-electron chi connectivity index (χ4n) is 5.63. The van der Waals surface area contributed by atoms with E-state index in [-0.39, 0.29) is 45.3 Å². The van der Waals surface area contributed by atoms with Crippen molar-refractivity contribution in [3.05, 3.63) is 36.4 Å². The topological polar surface area (TPSA) is 346 Å². The van der Waals surface area contributed by atoms with Crippen LogP contribution >= 0.6 is 0 Å². The Labute approximate surface area is 313 Å². The zero-order valence-corrected chi connectivity index (χ0v) is 28.9. The van der Waals surface area contributed by atoms with Gasteiger partial charge >= 0.3 is 35.2 Å². The van der Waals surface area contributed by atoms with Crippen LogP contribution < -0.4 is 14.2 Å².